The quantitative estimate of drug-likeness (QED) is 0.585. The molecule has 6 heteroatoms. The van der Waals surface area contributed by atoms with Gasteiger partial charge in [0.25, 0.3) is 0 Å². The fourth-order valence-electron chi connectivity index (χ4n) is 3.21. The maximum Gasteiger partial charge on any atom is 0.246 e. The second kappa shape index (κ2) is 7.96. The number of amides is 1. The molecule has 27 heavy (non-hydrogen) atoms. The average molecular weight is 383 g/mol. The molecule has 1 amide bonds. The Kier molecular flexibility index (Phi) is 5.65. The van der Waals surface area contributed by atoms with Crippen LogP contribution in [0, 0.1) is 13.8 Å². The highest BCUT2D eigenvalue weighted by atomic mass is 32.1. The van der Waals surface area contributed by atoms with Gasteiger partial charge in [0.2, 0.25) is 5.91 Å². The van der Waals surface area contributed by atoms with E-state index in [2.05, 4.69) is 48.8 Å². The predicted octanol–water partition coefficient (Wildman–Crippen LogP) is 4.60. The number of hydrogen-bond acceptors (Lipinski definition) is 3. The average Bonchev–Trinajstić information content (AvgIpc) is 3.34. The molecular weight excluding hydrogens is 356 g/mol. The first kappa shape index (κ1) is 19.2. The van der Waals surface area contributed by atoms with Crippen LogP contribution in [0.1, 0.15) is 42.4 Å². The summed E-state index contributed by atoms with van der Waals surface area (Å²) in [6.07, 6.45) is 5.38. The molecule has 3 rings (SSSR count). The molecule has 0 aliphatic rings. The number of aryl methyl sites for hydroxylation is 1. The maximum atomic E-state index is 12.4. The van der Waals surface area contributed by atoms with Gasteiger partial charge in [0.15, 0.2) is 0 Å². The second-order valence-corrected chi connectivity index (χ2v) is 7.83. The molecule has 5 nitrogen and oxygen atoms in total. The van der Waals surface area contributed by atoms with E-state index < -0.39 is 0 Å². The maximum absolute atomic E-state index is 12.4. The Bertz CT molecular complexity index is 947. The number of carbonyl (C=O) groups is 1. The van der Waals surface area contributed by atoms with Gasteiger partial charge in [-0.2, -0.15) is 16.4 Å². The van der Waals surface area contributed by atoms with Crippen LogP contribution in [0.25, 0.3) is 11.9 Å². The van der Waals surface area contributed by atoms with E-state index >= 15 is 0 Å². The minimum Gasteiger partial charge on any atom is -0.338 e. The third-order valence-corrected chi connectivity index (χ3v) is 5.35. The highest BCUT2D eigenvalue weighted by molar-refractivity contribution is 7.07. The molecule has 0 unspecified atom stereocenters. The summed E-state index contributed by atoms with van der Waals surface area (Å²) in [5.41, 5.74) is 4.42. The lowest BCUT2D eigenvalue weighted by molar-refractivity contribution is -0.125. The van der Waals surface area contributed by atoms with Gasteiger partial charge in [0, 0.05) is 43.2 Å². The number of likely N-dealkylation sites (N-methyl/N-ethyl adjacent to an activating group) is 1. The van der Waals surface area contributed by atoms with E-state index in [9.17, 15) is 4.79 Å². The normalized spacial score (nSPS) is 11.6. The molecule has 0 N–H and O–H groups in total. The van der Waals surface area contributed by atoms with Crippen LogP contribution in [0.4, 0.5) is 0 Å². The molecule has 0 radical (unpaired) electrons. The molecular formula is C21H26N4OS. The molecule has 0 aromatic carbocycles. The first-order valence-corrected chi connectivity index (χ1v) is 10.00. The zero-order valence-corrected chi connectivity index (χ0v) is 17.3. The van der Waals surface area contributed by atoms with Crippen molar-refractivity contribution in [3.05, 3.63) is 63.7 Å². The predicted molar refractivity (Wildman–Crippen MR) is 111 cm³/mol. The van der Waals surface area contributed by atoms with Crippen LogP contribution in [-0.2, 0) is 11.3 Å². The number of nitrogens with zero attached hydrogens (tertiary/aromatic N) is 4. The summed E-state index contributed by atoms with van der Waals surface area (Å²) in [6.45, 7) is 9.01. The van der Waals surface area contributed by atoms with Crippen molar-refractivity contribution < 1.29 is 4.79 Å². The van der Waals surface area contributed by atoms with Crippen molar-refractivity contribution in [1.82, 2.24) is 19.2 Å². The molecule has 0 spiro atoms. The summed E-state index contributed by atoms with van der Waals surface area (Å²) in [6, 6.07) is 6.45. The Labute approximate surface area is 164 Å². The molecule has 0 atom stereocenters. The standard InChI is InChI=1S/C21H26N4OS/c1-15(2)25-20(8-10-22-25)24-16(3)12-19(17(24)4)6-7-21(26)23(5)13-18-9-11-27-14-18/h6-12,14-15H,13H2,1-5H3/b7-6+. The second-order valence-electron chi connectivity index (χ2n) is 7.05. The van der Waals surface area contributed by atoms with Crippen molar-refractivity contribution in [2.24, 2.45) is 0 Å². The molecule has 0 bridgehead atoms. The summed E-state index contributed by atoms with van der Waals surface area (Å²) in [4.78, 5) is 14.2. The van der Waals surface area contributed by atoms with Crippen LogP contribution in [0.3, 0.4) is 0 Å². The van der Waals surface area contributed by atoms with Crippen LogP contribution < -0.4 is 0 Å². The summed E-state index contributed by atoms with van der Waals surface area (Å²) in [7, 11) is 1.83. The van der Waals surface area contributed by atoms with Crippen molar-refractivity contribution in [2.45, 2.75) is 40.3 Å². The van der Waals surface area contributed by atoms with Crippen LogP contribution in [-0.4, -0.2) is 32.2 Å². The molecule has 0 saturated heterocycles. The van der Waals surface area contributed by atoms with Crippen molar-refractivity contribution in [2.75, 3.05) is 7.05 Å². The largest absolute Gasteiger partial charge is 0.338 e. The number of rotatable bonds is 6. The number of thiophene rings is 1. The minimum atomic E-state index is -0.00164. The zero-order valence-electron chi connectivity index (χ0n) is 16.5. The van der Waals surface area contributed by atoms with Gasteiger partial charge in [-0.1, -0.05) is 0 Å². The Balaban J connectivity index is 1.81. The van der Waals surface area contributed by atoms with Crippen LogP contribution in [0.5, 0.6) is 0 Å². The van der Waals surface area contributed by atoms with Gasteiger partial charge in [0.1, 0.15) is 5.82 Å². The number of aromatic nitrogens is 3. The molecule has 0 aliphatic carbocycles. The van der Waals surface area contributed by atoms with E-state index in [-0.39, 0.29) is 11.9 Å². The Hall–Kier alpha value is -2.60. The van der Waals surface area contributed by atoms with Crippen LogP contribution in [0.2, 0.25) is 0 Å². The highest BCUT2D eigenvalue weighted by Gasteiger charge is 2.14. The zero-order chi connectivity index (χ0) is 19.6. The van der Waals surface area contributed by atoms with E-state index in [0.717, 1.165) is 28.3 Å². The summed E-state index contributed by atoms with van der Waals surface area (Å²) in [5, 5.41) is 8.53. The fraction of sp³-hybridized carbons (Fsp3) is 0.333. The Morgan fingerprint density at radius 1 is 1.33 bits per heavy atom. The van der Waals surface area contributed by atoms with Crippen LogP contribution >= 0.6 is 11.3 Å². The minimum absolute atomic E-state index is 0.00164. The summed E-state index contributed by atoms with van der Waals surface area (Å²) in [5.74, 6) is 1.04. The topological polar surface area (TPSA) is 43.1 Å². The van der Waals surface area contributed by atoms with E-state index in [1.807, 2.05) is 41.5 Å². The summed E-state index contributed by atoms with van der Waals surface area (Å²) >= 11 is 1.65. The molecule has 0 saturated carbocycles. The lowest BCUT2D eigenvalue weighted by Crippen LogP contribution is -2.23. The first-order valence-electron chi connectivity index (χ1n) is 9.05. The third-order valence-electron chi connectivity index (χ3n) is 4.62. The fourth-order valence-corrected chi connectivity index (χ4v) is 3.87. The Morgan fingerprint density at radius 3 is 2.78 bits per heavy atom. The van der Waals surface area contributed by atoms with Gasteiger partial charge in [0.05, 0.1) is 6.20 Å². The van der Waals surface area contributed by atoms with Crippen LogP contribution in [0.15, 0.2) is 41.2 Å². The molecule has 142 valence electrons. The van der Waals surface area contributed by atoms with Gasteiger partial charge in [-0.15, -0.1) is 0 Å². The van der Waals surface area contributed by atoms with Crippen molar-refractivity contribution in [1.29, 1.82) is 0 Å². The van der Waals surface area contributed by atoms with E-state index in [4.69, 9.17) is 0 Å². The number of hydrogen-bond donors (Lipinski definition) is 0. The molecule has 3 aromatic rings. The first-order chi connectivity index (χ1) is 12.9. The van der Waals surface area contributed by atoms with Crippen molar-refractivity contribution >= 4 is 23.3 Å². The molecule has 0 aliphatic heterocycles. The molecule has 3 heterocycles. The highest BCUT2D eigenvalue weighted by Crippen LogP contribution is 2.23. The monoisotopic (exact) mass is 382 g/mol. The van der Waals surface area contributed by atoms with Crippen molar-refractivity contribution in [3.63, 3.8) is 0 Å². The lowest BCUT2D eigenvalue weighted by Gasteiger charge is -2.15. The lowest BCUT2D eigenvalue weighted by atomic mass is 10.2. The van der Waals surface area contributed by atoms with E-state index in [0.29, 0.717) is 6.54 Å². The molecule has 3 aromatic heterocycles. The van der Waals surface area contributed by atoms with Crippen molar-refractivity contribution in [3.8, 4) is 5.82 Å². The van der Waals surface area contributed by atoms with Gasteiger partial charge < -0.3 is 9.47 Å². The smallest absolute Gasteiger partial charge is 0.246 e. The number of carbonyl (C=O) groups excluding carboxylic acids is 1. The van der Waals surface area contributed by atoms with Gasteiger partial charge >= 0.3 is 0 Å². The molecule has 0 fully saturated rings. The summed E-state index contributed by atoms with van der Waals surface area (Å²) < 4.78 is 4.19. The van der Waals surface area contributed by atoms with E-state index in [1.54, 1.807) is 22.3 Å². The van der Waals surface area contributed by atoms with Gasteiger partial charge in [-0.25, -0.2) is 4.68 Å². The third kappa shape index (κ3) is 4.06. The van der Waals surface area contributed by atoms with E-state index in [1.165, 1.54) is 0 Å². The van der Waals surface area contributed by atoms with Gasteiger partial charge in [-0.05, 0) is 67.8 Å². The van der Waals surface area contributed by atoms with Gasteiger partial charge in [-0.3, -0.25) is 4.79 Å². The Morgan fingerprint density at radius 2 is 2.11 bits per heavy atom. The SMILES string of the molecule is Cc1cc(/C=C/C(=O)N(C)Cc2ccsc2)c(C)n1-c1ccnn1C(C)C.